The number of rotatable bonds is 7. The van der Waals surface area contributed by atoms with E-state index >= 15 is 0 Å². The van der Waals surface area contributed by atoms with Crippen LogP contribution in [0, 0.1) is 24.7 Å². The minimum absolute atomic E-state index is 0.0275. The number of nitrogens with one attached hydrogen (secondary N) is 1. The molecule has 2 saturated carbocycles. The molecule has 0 spiro atoms. The molecule has 2 heterocycles. The average molecular weight is 404 g/mol. The molecule has 1 N–H and O–H groups in total. The molecular weight excluding hydrogens is 379 g/mol. The number of pyridine rings is 1. The van der Waals surface area contributed by atoms with Crippen molar-refractivity contribution in [2.45, 2.75) is 45.2 Å². The number of imidazole rings is 1. The van der Waals surface area contributed by atoms with Crippen molar-refractivity contribution < 1.29 is 9.18 Å². The highest BCUT2D eigenvalue weighted by Gasteiger charge is 2.42. The van der Waals surface area contributed by atoms with Crippen molar-refractivity contribution >= 4 is 5.91 Å². The van der Waals surface area contributed by atoms with Crippen LogP contribution < -0.4 is 5.32 Å². The first kappa shape index (κ1) is 19.0. The smallest absolute Gasteiger partial charge is 0.251 e. The fourth-order valence-electron chi connectivity index (χ4n) is 4.26. The van der Waals surface area contributed by atoms with Crippen molar-refractivity contribution in [3.8, 4) is 11.1 Å². The highest BCUT2D eigenvalue weighted by molar-refractivity contribution is 5.96. The van der Waals surface area contributed by atoms with Crippen LogP contribution in [-0.4, -0.2) is 26.5 Å². The monoisotopic (exact) mass is 404 g/mol. The number of halogens is 1. The van der Waals surface area contributed by atoms with Gasteiger partial charge in [0.15, 0.2) is 0 Å². The lowest BCUT2D eigenvalue weighted by Crippen LogP contribution is -2.38. The highest BCUT2D eigenvalue weighted by Crippen LogP contribution is 2.44. The minimum Gasteiger partial charge on any atom is -0.349 e. The first-order chi connectivity index (χ1) is 14.6. The van der Waals surface area contributed by atoms with Gasteiger partial charge in [0, 0.05) is 41.8 Å². The van der Waals surface area contributed by atoms with Gasteiger partial charge in [0.05, 0.1) is 6.33 Å². The Hall–Kier alpha value is -3.02. The van der Waals surface area contributed by atoms with Crippen LogP contribution in [0.3, 0.4) is 0 Å². The molecule has 0 bridgehead atoms. The molecule has 6 heteroatoms. The van der Waals surface area contributed by atoms with Crippen LogP contribution in [0.1, 0.15) is 47.3 Å². The SMILES string of the molecule is Cc1nc(F)ccc1-c1cc(Cn2ccnc2)cc(C(=O)NC(C2CC2)C2CC2)c1. The van der Waals surface area contributed by atoms with Gasteiger partial charge in [-0.05, 0) is 85.9 Å². The van der Waals surface area contributed by atoms with E-state index in [1.54, 1.807) is 25.5 Å². The summed E-state index contributed by atoms with van der Waals surface area (Å²) in [5.41, 5.74) is 3.94. The maximum atomic E-state index is 13.5. The van der Waals surface area contributed by atoms with Gasteiger partial charge in [-0.15, -0.1) is 0 Å². The quantitative estimate of drug-likeness (QED) is 0.595. The van der Waals surface area contributed by atoms with E-state index in [0.29, 0.717) is 35.7 Å². The van der Waals surface area contributed by atoms with Gasteiger partial charge in [0.25, 0.3) is 5.91 Å². The first-order valence-electron chi connectivity index (χ1n) is 10.6. The second-order valence-electron chi connectivity index (χ2n) is 8.59. The van der Waals surface area contributed by atoms with Gasteiger partial charge in [-0.3, -0.25) is 4.79 Å². The van der Waals surface area contributed by atoms with Crippen molar-refractivity contribution in [3.63, 3.8) is 0 Å². The van der Waals surface area contributed by atoms with Crippen molar-refractivity contribution in [3.05, 3.63) is 71.8 Å². The number of aromatic nitrogens is 3. The number of carbonyl (C=O) groups is 1. The number of hydrogen-bond acceptors (Lipinski definition) is 3. The molecule has 2 aromatic heterocycles. The summed E-state index contributed by atoms with van der Waals surface area (Å²) in [6, 6.07) is 9.27. The van der Waals surface area contributed by atoms with Gasteiger partial charge in [-0.1, -0.05) is 0 Å². The molecule has 1 amide bonds. The minimum atomic E-state index is -0.500. The van der Waals surface area contributed by atoms with E-state index in [2.05, 4.69) is 15.3 Å². The van der Waals surface area contributed by atoms with Gasteiger partial charge in [0.1, 0.15) is 0 Å². The summed E-state index contributed by atoms with van der Waals surface area (Å²) in [7, 11) is 0. The third-order valence-corrected chi connectivity index (χ3v) is 6.10. The molecule has 30 heavy (non-hydrogen) atoms. The van der Waals surface area contributed by atoms with Crippen molar-refractivity contribution in [1.82, 2.24) is 19.9 Å². The third kappa shape index (κ3) is 4.13. The lowest BCUT2D eigenvalue weighted by Gasteiger charge is -2.19. The van der Waals surface area contributed by atoms with Crippen molar-refractivity contribution in [2.75, 3.05) is 0 Å². The summed E-state index contributed by atoms with van der Waals surface area (Å²) in [5.74, 6) is 0.748. The summed E-state index contributed by atoms with van der Waals surface area (Å²) in [4.78, 5) is 21.3. The molecule has 0 unspecified atom stereocenters. The van der Waals surface area contributed by atoms with Gasteiger partial charge in [-0.2, -0.15) is 4.39 Å². The molecule has 5 nitrogen and oxygen atoms in total. The van der Waals surface area contributed by atoms with Gasteiger partial charge in [0.2, 0.25) is 5.95 Å². The Labute approximate surface area is 175 Å². The molecule has 2 fully saturated rings. The van der Waals surface area contributed by atoms with E-state index in [1.165, 1.54) is 31.7 Å². The van der Waals surface area contributed by atoms with Gasteiger partial charge in [-0.25, -0.2) is 9.97 Å². The van der Waals surface area contributed by atoms with Crippen LogP contribution in [0.15, 0.2) is 49.1 Å². The second-order valence-corrected chi connectivity index (χ2v) is 8.59. The Bertz CT molecular complexity index is 1060. The van der Waals surface area contributed by atoms with E-state index in [4.69, 9.17) is 0 Å². The van der Waals surface area contributed by atoms with Gasteiger partial charge >= 0.3 is 0 Å². The van der Waals surface area contributed by atoms with Crippen LogP contribution >= 0.6 is 0 Å². The lowest BCUT2D eigenvalue weighted by molar-refractivity contribution is 0.0926. The normalized spacial score (nSPS) is 16.1. The zero-order valence-corrected chi connectivity index (χ0v) is 17.0. The Morgan fingerprint density at radius 2 is 1.97 bits per heavy atom. The number of aryl methyl sites for hydroxylation is 1. The molecule has 3 aromatic rings. The Balaban J connectivity index is 1.49. The zero-order valence-electron chi connectivity index (χ0n) is 17.0. The van der Waals surface area contributed by atoms with Gasteiger partial charge < -0.3 is 9.88 Å². The fourth-order valence-corrected chi connectivity index (χ4v) is 4.26. The molecule has 0 saturated heterocycles. The standard InChI is InChI=1S/C24H25FN4O/c1-15-21(6-7-22(25)27-15)19-10-16(13-29-9-8-26-14-29)11-20(12-19)24(30)28-23(17-2-3-17)18-4-5-18/h6-12,14,17-18,23H,2-5,13H2,1H3,(H,28,30). The number of hydrogen-bond donors (Lipinski definition) is 1. The lowest BCUT2D eigenvalue weighted by atomic mass is 9.97. The number of amides is 1. The molecule has 5 rings (SSSR count). The van der Waals surface area contributed by atoms with E-state index in [0.717, 1.165) is 16.7 Å². The van der Waals surface area contributed by atoms with E-state index < -0.39 is 5.95 Å². The molecule has 2 aliphatic rings. The maximum Gasteiger partial charge on any atom is 0.251 e. The molecule has 0 atom stereocenters. The molecule has 2 aliphatic carbocycles. The summed E-state index contributed by atoms with van der Waals surface area (Å²) < 4.78 is 15.5. The predicted octanol–water partition coefficient (Wildman–Crippen LogP) is 4.36. The Kier molecular flexibility index (Phi) is 4.85. The average Bonchev–Trinajstić information content (AvgIpc) is 3.65. The number of benzene rings is 1. The van der Waals surface area contributed by atoms with E-state index in [-0.39, 0.29) is 5.91 Å². The third-order valence-electron chi connectivity index (χ3n) is 6.10. The van der Waals surface area contributed by atoms with E-state index in [9.17, 15) is 9.18 Å². The second kappa shape index (κ2) is 7.67. The number of carbonyl (C=O) groups excluding carboxylic acids is 1. The Morgan fingerprint density at radius 3 is 2.60 bits per heavy atom. The summed E-state index contributed by atoms with van der Waals surface area (Å²) in [5, 5.41) is 3.31. The van der Waals surface area contributed by atoms with E-state index in [1.807, 2.05) is 29.0 Å². The Morgan fingerprint density at radius 1 is 1.20 bits per heavy atom. The van der Waals surface area contributed by atoms with Crippen LogP contribution in [0.2, 0.25) is 0 Å². The summed E-state index contributed by atoms with van der Waals surface area (Å²) in [6.45, 7) is 2.40. The number of nitrogens with zero attached hydrogens (tertiary/aromatic N) is 3. The van der Waals surface area contributed by atoms with Crippen LogP contribution in [-0.2, 0) is 6.54 Å². The summed E-state index contributed by atoms with van der Waals surface area (Å²) >= 11 is 0. The zero-order chi connectivity index (χ0) is 20.7. The molecule has 1 aromatic carbocycles. The first-order valence-corrected chi connectivity index (χ1v) is 10.6. The molecule has 0 aliphatic heterocycles. The maximum absolute atomic E-state index is 13.5. The fraction of sp³-hybridized carbons (Fsp3) is 0.375. The highest BCUT2D eigenvalue weighted by atomic mass is 19.1. The van der Waals surface area contributed by atoms with Crippen LogP contribution in [0.5, 0.6) is 0 Å². The topological polar surface area (TPSA) is 59.8 Å². The molecule has 154 valence electrons. The molecule has 0 radical (unpaired) electrons. The largest absolute Gasteiger partial charge is 0.349 e. The summed E-state index contributed by atoms with van der Waals surface area (Å²) in [6.07, 6.45) is 10.3. The van der Waals surface area contributed by atoms with Crippen LogP contribution in [0.4, 0.5) is 4.39 Å². The van der Waals surface area contributed by atoms with Crippen molar-refractivity contribution in [2.24, 2.45) is 11.8 Å². The van der Waals surface area contributed by atoms with Crippen LogP contribution in [0.25, 0.3) is 11.1 Å². The predicted molar refractivity (Wildman–Crippen MR) is 112 cm³/mol. The van der Waals surface area contributed by atoms with Crippen molar-refractivity contribution in [1.29, 1.82) is 0 Å². The molecular formula is C24H25FN4O.